The molecule has 0 fully saturated rings. The van der Waals surface area contributed by atoms with Gasteiger partial charge in [-0.1, -0.05) is 42.5 Å². The van der Waals surface area contributed by atoms with Crippen molar-refractivity contribution in [3.63, 3.8) is 0 Å². The van der Waals surface area contributed by atoms with E-state index in [0.717, 1.165) is 27.6 Å². The highest BCUT2D eigenvalue weighted by molar-refractivity contribution is 7.13. The van der Waals surface area contributed by atoms with Crippen LogP contribution in [0.15, 0.2) is 71.0 Å². The molecule has 8 heteroatoms. The van der Waals surface area contributed by atoms with Gasteiger partial charge in [-0.25, -0.2) is 4.98 Å². The van der Waals surface area contributed by atoms with Crippen LogP contribution in [-0.2, 0) is 22.7 Å². The van der Waals surface area contributed by atoms with E-state index in [4.69, 9.17) is 9.47 Å². The molecule has 0 bridgehead atoms. The van der Waals surface area contributed by atoms with E-state index >= 15 is 0 Å². The van der Waals surface area contributed by atoms with E-state index in [-0.39, 0.29) is 12.2 Å². The van der Waals surface area contributed by atoms with Crippen molar-refractivity contribution in [2.45, 2.75) is 32.9 Å². The molecule has 1 unspecified atom stereocenters. The van der Waals surface area contributed by atoms with Gasteiger partial charge >= 0.3 is 5.97 Å². The van der Waals surface area contributed by atoms with E-state index in [0.29, 0.717) is 18.7 Å². The lowest BCUT2D eigenvalue weighted by atomic mass is 10.1. The van der Waals surface area contributed by atoms with Crippen molar-refractivity contribution in [1.29, 1.82) is 0 Å². The summed E-state index contributed by atoms with van der Waals surface area (Å²) >= 11 is 1.60. The summed E-state index contributed by atoms with van der Waals surface area (Å²) < 4.78 is 12.6. The average molecular weight is 464 g/mol. The quantitative estimate of drug-likeness (QED) is 0.367. The number of nitrogens with one attached hydrogen (secondary N) is 1. The third-order valence-electron chi connectivity index (χ3n) is 5.14. The first-order valence-corrected chi connectivity index (χ1v) is 11.6. The Kier molecular flexibility index (Phi) is 7.04. The molecule has 2 aromatic carbocycles. The van der Waals surface area contributed by atoms with E-state index < -0.39 is 11.9 Å². The largest absolute Gasteiger partial charge is 0.487 e. The molecular weight excluding hydrogens is 438 g/mol. The fraction of sp³-hybridized carbons (Fsp3) is 0.240. The van der Waals surface area contributed by atoms with Gasteiger partial charge < -0.3 is 9.47 Å². The third kappa shape index (κ3) is 5.59. The number of nitrogens with zero attached hydrogens (tertiary/aromatic N) is 2. The van der Waals surface area contributed by atoms with Crippen LogP contribution in [0.2, 0.25) is 0 Å². The number of aromatic nitrogens is 3. The summed E-state index contributed by atoms with van der Waals surface area (Å²) in [6.07, 6.45) is 1.67. The Bertz CT molecular complexity index is 1260. The molecule has 4 rings (SSSR count). The molecule has 7 nitrogen and oxygen atoms in total. The highest BCUT2D eigenvalue weighted by Gasteiger charge is 2.21. The lowest BCUT2D eigenvalue weighted by Gasteiger charge is -2.08. The standard InChI is InChI=1S/C25H25N3O4S/c1-3-31-25(30)17(2)22-14-28(27-23(22)29)13-18-9-11-21(12-10-18)32-15-20-16-33-24(26-20)19-7-5-4-6-8-19/h4-12,14,16-17H,3,13,15H2,1-2H3,(H,27,29). The minimum absolute atomic E-state index is 0.284. The number of carbonyl (C=O) groups excluding carboxylic acids is 1. The molecular formula is C25H25N3O4S. The van der Waals surface area contributed by atoms with Crippen molar-refractivity contribution in [2.75, 3.05) is 6.61 Å². The van der Waals surface area contributed by atoms with Crippen molar-refractivity contribution < 1.29 is 14.3 Å². The summed E-state index contributed by atoms with van der Waals surface area (Å²) in [4.78, 5) is 28.8. The van der Waals surface area contributed by atoms with Gasteiger partial charge in [-0.3, -0.25) is 19.4 Å². The van der Waals surface area contributed by atoms with Crippen LogP contribution in [0, 0.1) is 0 Å². The Morgan fingerprint density at radius 1 is 1.15 bits per heavy atom. The first kappa shape index (κ1) is 22.5. The molecule has 2 heterocycles. The Morgan fingerprint density at radius 3 is 2.64 bits per heavy atom. The van der Waals surface area contributed by atoms with Crippen LogP contribution in [-0.4, -0.2) is 27.3 Å². The van der Waals surface area contributed by atoms with Crippen molar-refractivity contribution in [1.82, 2.24) is 14.8 Å². The van der Waals surface area contributed by atoms with Crippen LogP contribution in [0.1, 0.15) is 36.6 Å². The van der Waals surface area contributed by atoms with Gasteiger partial charge in [0.1, 0.15) is 17.4 Å². The van der Waals surface area contributed by atoms with E-state index in [1.54, 1.807) is 36.1 Å². The Morgan fingerprint density at radius 2 is 1.91 bits per heavy atom. The number of thiazole rings is 1. The third-order valence-corrected chi connectivity index (χ3v) is 6.08. The number of carbonyl (C=O) groups is 1. The highest BCUT2D eigenvalue weighted by atomic mass is 32.1. The number of esters is 1. The predicted octanol–water partition coefficient (Wildman–Crippen LogP) is 4.59. The predicted molar refractivity (Wildman–Crippen MR) is 128 cm³/mol. The molecule has 0 aliphatic rings. The number of H-pyrrole nitrogens is 1. The Labute approximate surface area is 195 Å². The van der Waals surface area contributed by atoms with Gasteiger partial charge in [-0.15, -0.1) is 11.3 Å². The van der Waals surface area contributed by atoms with Crippen LogP contribution in [0.4, 0.5) is 0 Å². The number of hydrogen-bond donors (Lipinski definition) is 1. The van der Waals surface area contributed by atoms with E-state index in [2.05, 4.69) is 10.1 Å². The molecule has 0 spiro atoms. The molecule has 33 heavy (non-hydrogen) atoms. The molecule has 0 radical (unpaired) electrons. The van der Waals surface area contributed by atoms with Gasteiger partial charge in [-0.2, -0.15) is 0 Å². The minimum Gasteiger partial charge on any atom is -0.487 e. The maximum absolute atomic E-state index is 12.2. The van der Waals surface area contributed by atoms with Crippen molar-refractivity contribution in [3.05, 3.63) is 93.3 Å². The van der Waals surface area contributed by atoms with E-state index in [9.17, 15) is 9.59 Å². The molecule has 0 amide bonds. The fourth-order valence-corrected chi connectivity index (χ4v) is 4.18. The number of aromatic amines is 1. The van der Waals surface area contributed by atoms with Crippen LogP contribution in [0.25, 0.3) is 10.6 Å². The van der Waals surface area contributed by atoms with E-state index in [1.165, 1.54) is 0 Å². The summed E-state index contributed by atoms with van der Waals surface area (Å²) in [5, 5.41) is 5.74. The molecule has 0 saturated carbocycles. The van der Waals surface area contributed by atoms with Gasteiger partial charge in [0, 0.05) is 17.1 Å². The SMILES string of the molecule is CCOC(=O)C(C)c1cn(Cc2ccc(OCc3csc(-c4ccccc4)n3)cc2)[nH]c1=O. The van der Waals surface area contributed by atoms with E-state index in [1.807, 2.05) is 60.0 Å². The number of ether oxygens (including phenoxy) is 2. The molecule has 0 aliphatic carbocycles. The number of hydrogen-bond acceptors (Lipinski definition) is 6. The van der Waals surface area contributed by atoms with Crippen molar-refractivity contribution in [2.24, 2.45) is 0 Å². The summed E-state index contributed by atoms with van der Waals surface area (Å²) in [5.41, 5.74) is 3.08. The zero-order valence-electron chi connectivity index (χ0n) is 18.5. The summed E-state index contributed by atoms with van der Waals surface area (Å²) in [6, 6.07) is 17.7. The smallest absolute Gasteiger partial charge is 0.313 e. The molecule has 1 N–H and O–H groups in total. The maximum atomic E-state index is 12.2. The van der Waals surface area contributed by atoms with Crippen LogP contribution >= 0.6 is 11.3 Å². The van der Waals surface area contributed by atoms with Gasteiger partial charge in [0.2, 0.25) is 0 Å². The maximum Gasteiger partial charge on any atom is 0.313 e. The van der Waals surface area contributed by atoms with Crippen LogP contribution in [0.5, 0.6) is 5.75 Å². The second-order valence-corrected chi connectivity index (χ2v) is 8.43. The van der Waals surface area contributed by atoms with Gasteiger partial charge in [0.05, 0.1) is 30.3 Å². The summed E-state index contributed by atoms with van der Waals surface area (Å²) in [6.45, 7) is 4.56. The topological polar surface area (TPSA) is 86.2 Å². The molecule has 170 valence electrons. The van der Waals surface area contributed by atoms with Crippen molar-refractivity contribution >= 4 is 17.3 Å². The van der Waals surface area contributed by atoms with Crippen molar-refractivity contribution in [3.8, 4) is 16.3 Å². The monoisotopic (exact) mass is 463 g/mol. The van der Waals surface area contributed by atoms with Crippen LogP contribution in [0.3, 0.4) is 0 Å². The molecule has 2 aromatic heterocycles. The first-order chi connectivity index (χ1) is 16.0. The second kappa shape index (κ2) is 10.3. The zero-order valence-corrected chi connectivity index (χ0v) is 19.3. The number of benzene rings is 2. The Hall–Kier alpha value is -3.65. The highest BCUT2D eigenvalue weighted by Crippen LogP contribution is 2.24. The van der Waals surface area contributed by atoms with Crippen LogP contribution < -0.4 is 10.3 Å². The zero-order chi connectivity index (χ0) is 23.2. The second-order valence-electron chi connectivity index (χ2n) is 7.57. The first-order valence-electron chi connectivity index (χ1n) is 10.7. The molecule has 1 atom stereocenters. The number of rotatable bonds is 9. The Balaban J connectivity index is 1.35. The molecule has 4 aromatic rings. The summed E-state index contributed by atoms with van der Waals surface area (Å²) in [5.74, 6) is -0.275. The minimum atomic E-state index is -0.612. The van der Waals surface area contributed by atoms with Gasteiger partial charge in [-0.05, 0) is 31.5 Å². The molecule has 0 saturated heterocycles. The normalized spacial score (nSPS) is 11.8. The van der Waals surface area contributed by atoms with Gasteiger partial charge in [0.25, 0.3) is 5.56 Å². The lowest BCUT2D eigenvalue weighted by molar-refractivity contribution is -0.144. The summed E-state index contributed by atoms with van der Waals surface area (Å²) in [7, 11) is 0. The van der Waals surface area contributed by atoms with Gasteiger partial charge in [0.15, 0.2) is 0 Å². The lowest BCUT2D eigenvalue weighted by Crippen LogP contribution is -2.18. The molecule has 0 aliphatic heterocycles. The average Bonchev–Trinajstić information content (AvgIpc) is 3.45. The fourth-order valence-electron chi connectivity index (χ4n) is 3.37.